The number of aryl methyl sites for hydroxylation is 1. The number of carbonyl (C=O) groups is 2. The van der Waals surface area contributed by atoms with Crippen molar-refractivity contribution in [1.29, 1.82) is 0 Å². The highest BCUT2D eigenvalue weighted by atomic mass is 32.2. The third-order valence-electron chi connectivity index (χ3n) is 5.36. The Morgan fingerprint density at radius 1 is 0.967 bits per heavy atom. The van der Waals surface area contributed by atoms with Gasteiger partial charge in [-0.05, 0) is 68.1 Å². The Kier molecular flexibility index (Phi) is 6.89. The molecule has 30 heavy (non-hydrogen) atoms. The van der Waals surface area contributed by atoms with Crippen LogP contribution in [0.15, 0.2) is 47.4 Å². The quantitative estimate of drug-likeness (QED) is 0.738. The predicted molar refractivity (Wildman–Crippen MR) is 116 cm³/mol. The molecule has 8 heteroatoms. The summed E-state index contributed by atoms with van der Waals surface area (Å²) in [7, 11) is -3.53. The summed E-state index contributed by atoms with van der Waals surface area (Å²) in [6, 6.07) is 11.4. The van der Waals surface area contributed by atoms with Crippen molar-refractivity contribution in [2.24, 2.45) is 0 Å². The maximum absolute atomic E-state index is 12.7. The molecule has 0 saturated carbocycles. The Balaban J connectivity index is 1.58. The number of benzene rings is 2. The molecule has 2 N–H and O–H groups in total. The van der Waals surface area contributed by atoms with Crippen molar-refractivity contribution in [1.82, 2.24) is 9.62 Å². The van der Waals surface area contributed by atoms with Crippen molar-refractivity contribution in [2.45, 2.75) is 38.0 Å². The Morgan fingerprint density at radius 3 is 2.30 bits per heavy atom. The minimum Gasteiger partial charge on any atom is -0.343 e. The lowest BCUT2D eigenvalue weighted by molar-refractivity contribution is -0.115. The normalized spacial score (nSPS) is 14.9. The number of anilines is 1. The van der Waals surface area contributed by atoms with Crippen LogP contribution in [0.1, 0.15) is 40.7 Å². The van der Waals surface area contributed by atoms with Gasteiger partial charge in [-0.1, -0.05) is 18.6 Å². The van der Waals surface area contributed by atoms with E-state index in [0.717, 1.165) is 30.4 Å². The average Bonchev–Trinajstić information content (AvgIpc) is 2.76. The molecule has 0 atom stereocenters. The molecule has 0 spiro atoms. The van der Waals surface area contributed by atoms with Crippen LogP contribution in [0.5, 0.6) is 0 Å². The van der Waals surface area contributed by atoms with Gasteiger partial charge in [0.2, 0.25) is 15.9 Å². The van der Waals surface area contributed by atoms with Gasteiger partial charge < -0.3 is 10.6 Å². The minimum absolute atomic E-state index is 0.175. The molecular weight excluding hydrogens is 402 g/mol. The third-order valence-corrected chi connectivity index (χ3v) is 7.27. The number of hydrogen-bond donors (Lipinski definition) is 2. The SMILES string of the molecule is Cc1cccc(NC(=O)CNC(=O)c2ccc(S(=O)(=O)N3CCCCC3)cc2)c1C. The van der Waals surface area contributed by atoms with Crippen LogP contribution in [0, 0.1) is 13.8 Å². The summed E-state index contributed by atoms with van der Waals surface area (Å²) in [6.45, 7) is 4.76. The fourth-order valence-corrected chi connectivity index (χ4v) is 4.89. The average molecular weight is 430 g/mol. The van der Waals surface area contributed by atoms with E-state index in [0.29, 0.717) is 24.3 Å². The first-order valence-electron chi connectivity index (χ1n) is 10.0. The Morgan fingerprint density at radius 2 is 1.63 bits per heavy atom. The highest BCUT2D eigenvalue weighted by Gasteiger charge is 2.25. The fourth-order valence-electron chi connectivity index (χ4n) is 3.38. The molecule has 160 valence electrons. The number of rotatable bonds is 6. The van der Waals surface area contributed by atoms with Gasteiger partial charge in [0, 0.05) is 24.3 Å². The molecule has 1 fully saturated rings. The second-order valence-corrected chi connectivity index (χ2v) is 9.41. The maximum atomic E-state index is 12.7. The van der Waals surface area contributed by atoms with E-state index in [1.165, 1.54) is 28.6 Å². The number of sulfonamides is 1. The van der Waals surface area contributed by atoms with E-state index in [2.05, 4.69) is 10.6 Å². The number of hydrogen-bond acceptors (Lipinski definition) is 4. The first kappa shape index (κ1) is 22.0. The van der Waals surface area contributed by atoms with Crippen LogP contribution in [0.3, 0.4) is 0 Å². The molecule has 1 aliphatic rings. The monoisotopic (exact) mass is 429 g/mol. The van der Waals surface area contributed by atoms with Crippen molar-refractivity contribution >= 4 is 27.5 Å². The number of piperidine rings is 1. The van der Waals surface area contributed by atoms with Gasteiger partial charge in [-0.2, -0.15) is 4.31 Å². The Hall–Kier alpha value is -2.71. The molecule has 0 aromatic heterocycles. The molecule has 0 aliphatic carbocycles. The summed E-state index contributed by atoms with van der Waals surface area (Å²) in [5.41, 5.74) is 3.05. The molecule has 1 aliphatic heterocycles. The number of carbonyl (C=O) groups excluding carboxylic acids is 2. The van der Waals surface area contributed by atoms with E-state index in [-0.39, 0.29) is 17.3 Å². The smallest absolute Gasteiger partial charge is 0.251 e. The molecule has 2 aromatic rings. The van der Waals surface area contributed by atoms with Crippen molar-refractivity contribution in [3.8, 4) is 0 Å². The molecule has 2 aromatic carbocycles. The predicted octanol–water partition coefficient (Wildman–Crippen LogP) is 2.85. The topological polar surface area (TPSA) is 95.6 Å². The van der Waals surface area contributed by atoms with Gasteiger partial charge in [0.1, 0.15) is 0 Å². The number of amides is 2. The lowest BCUT2D eigenvalue weighted by Crippen LogP contribution is -2.35. The largest absolute Gasteiger partial charge is 0.343 e. The summed E-state index contributed by atoms with van der Waals surface area (Å²) in [5, 5.41) is 5.35. The van der Waals surface area contributed by atoms with Gasteiger partial charge >= 0.3 is 0 Å². The molecular formula is C22H27N3O4S. The first-order valence-corrected chi connectivity index (χ1v) is 11.5. The number of nitrogens with one attached hydrogen (secondary N) is 2. The lowest BCUT2D eigenvalue weighted by atomic mass is 10.1. The Labute approximate surface area is 177 Å². The zero-order valence-corrected chi connectivity index (χ0v) is 18.1. The van der Waals surface area contributed by atoms with E-state index >= 15 is 0 Å². The van der Waals surface area contributed by atoms with Gasteiger partial charge in [0.15, 0.2) is 0 Å². The summed E-state index contributed by atoms with van der Waals surface area (Å²) in [4.78, 5) is 24.7. The third kappa shape index (κ3) is 5.06. The van der Waals surface area contributed by atoms with Crippen molar-refractivity contribution < 1.29 is 18.0 Å². The van der Waals surface area contributed by atoms with Gasteiger partial charge in [-0.3, -0.25) is 9.59 Å². The summed E-state index contributed by atoms with van der Waals surface area (Å²) in [6.07, 6.45) is 2.77. The lowest BCUT2D eigenvalue weighted by Gasteiger charge is -2.25. The van der Waals surface area contributed by atoms with Crippen LogP contribution in [0.2, 0.25) is 0 Å². The van der Waals surface area contributed by atoms with Crippen LogP contribution < -0.4 is 10.6 Å². The maximum Gasteiger partial charge on any atom is 0.251 e. The molecule has 3 rings (SSSR count). The molecule has 1 heterocycles. The van der Waals surface area contributed by atoms with Gasteiger partial charge in [0.05, 0.1) is 11.4 Å². The summed E-state index contributed by atoms with van der Waals surface area (Å²) in [5.74, 6) is -0.769. The van der Waals surface area contributed by atoms with Crippen molar-refractivity contribution in [2.75, 3.05) is 25.0 Å². The van der Waals surface area contributed by atoms with E-state index in [4.69, 9.17) is 0 Å². The zero-order chi connectivity index (χ0) is 21.7. The van der Waals surface area contributed by atoms with Crippen molar-refractivity contribution in [3.05, 3.63) is 59.2 Å². The molecule has 0 radical (unpaired) electrons. The van der Waals surface area contributed by atoms with Gasteiger partial charge in [-0.15, -0.1) is 0 Å². The second-order valence-electron chi connectivity index (χ2n) is 7.47. The van der Waals surface area contributed by atoms with E-state index in [9.17, 15) is 18.0 Å². The highest BCUT2D eigenvalue weighted by Crippen LogP contribution is 2.21. The molecule has 1 saturated heterocycles. The highest BCUT2D eigenvalue weighted by molar-refractivity contribution is 7.89. The minimum atomic E-state index is -3.53. The molecule has 2 amide bonds. The molecule has 7 nitrogen and oxygen atoms in total. The Bertz CT molecular complexity index is 1030. The van der Waals surface area contributed by atoms with Crippen LogP contribution in [-0.4, -0.2) is 44.2 Å². The van der Waals surface area contributed by atoms with Crippen LogP contribution in [0.25, 0.3) is 0 Å². The first-order chi connectivity index (χ1) is 14.3. The summed E-state index contributed by atoms with van der Waals surface area (Å²) >= 11 is 0. The second kappa shape index (κ2) is 9.40. The van der Waals surface area contributed by atoms with E-state index in [1.807, 2.05) is 32.0 Å². The standard InChI is InChI=1S/C22H27N3O4S/c1-16-7-6-8-20(17(16)2)24-21(26)15-23-22(27)18-9-11-19(12-10-18)30(28,29)25-13-4-3-5-14-25/h6-12H,3-5,13-15H2,1-2H3,(H,23,27)(H,24,26). The molecule has 0 bridgehead atoms. The van der Waals surface area contributed by atoms with Crippen LogP contribution >= 0.6 is 0 Å². The van der Waals surface area contributed by atoms with Crippen molar-refractivity contribution in [3.63, 3.8) is 0 Å². The molecule has 0 unspecified atom stereocenters. The zero-order valence-electron chi connectivity index (χ0n) is 17.3. The van der Waals surface area contributed by atoms with E-state index < -0.39 is 15.9 Å². The van der Waals surface area contributed by atoms with Gasteiger partial charge in [0.25, 0.3) is 5.91 Å². The fraction of sp³-hybridized carbons (Fsp3) is 0.364. The van der Waals surface area contributed by atoms with Gasteiger partial charge in [-0.25, -0.2) is 8.42 Å². The van der Waals surface area contributed by atoms with Crippen LogP contribution in [0.4, 0.5) is 5.69 Å². The number of nitrogens with zero attached hydrogens (tertiary/aromatic N) is 1. The summed E-state index contributed by atoms with van der Waals surface area (Å²) < 4.78 is 26.9. The van der Waals surface area contributed by atoms with E-state index in [1.54, 1.807) is 0 Å². The van der Waals surface area contributed by atoms with Crippen LogP contribution in [-0.2, 0) is 14.8 Å².